The highest BCUT2D eigenvalue weighted by molar-refractivity contribution is 7.20. The van der Waals surface area contributed by atoms with Gasteiger partial charge in [0.1, 0.15) is 16.4 Å². The first-order valence-corrected chi connectivity index (χ1v) is 8.16. The van der Waals surface area contributed by atoms with E-state index in [-0.39, 0.29) is 11.5 Å². The maximum Gasteiger partial charge on any atom is 0.266 e. The van der Waals surface area contributed by atoms with Gasteiger partial charge in [-0.25, -0.2) is 4.98 Å². The summed E-state index contributed by atoms with van der Waals surface area (Å²) in [5.74, 6) is 1.02. The number of carbonyl (C=O) groups excluding carboxylic acids is 1. The maximum atomic E-state index is 12.6. The molecule has 0 aliphatic rings. The highest BCUT2D eigenvalue weighted by atomic mass is 32.1. The summed E-state index contributed by atoms with van der Waals surface area (Å²) in [5, 5.41) is 3.34. The van der Waals surface area contributed by atoms with Gasteiger partial charge in [-0.2, -0.15) is 0 Å². The van der Waals surface area contributed by atoms with E-state index in [1.54, 1.807) is 52.3 Å². The number of anilines is 1. The number of carbonyl (C=O) groups is 1. The molecule has 0 atom stereocenters. The van der Waals surface area contributed by atoms with E-state index >= 15 is 0 Å². The number of methoxy groups -OCH3 is 1. The average molecular weight is 343 g/mol. The van der Waals surface area contributed by atoms with Crippen molar-refractivity contribution in [3.05, 3.63) is 50.9 Å². The first-order chi connectivity index (χ1) is 11.4. The van der Waals surface area contributed by atoms with E-state index in [0.29, 0.717) is 37.9 Å². The van der Waals surface area contributed by atoms with Crippen molar-refractivity contribution in [3.63, 3.8) is 0 Å². The van der Waals surface area contributed by atoms with Crippen molar-refractivity contribution in [2.24, 2.45) is 7.05 Å². The molecule has 0 fully saturated rings. The Morgan fingerprint density at radius 3 is 2.79 bits per heavy atom. The third-order valence-corrected chi connectivity index (χ3v) is 5.11. The predicted molar refractivity (Wildman–Crippen MR) is 95.3 cm³/mol. The molecule has 0 bridgehead atoms. The summed E-state index contributed by atoms with van der Waals surface area (Å²) in [4.78, 5) is 30.5. The molecule has 0 unspecified atom stereocenters. The van der Waals surface area contributed by atoms with E-state index in [2.05, 4.69) is 10.3 Å². The van der Waals surface area contributed by atoms with Gasteiger partial charge in [-0.15, -0.1) is 11.3 Å². The first kappa shape index (κ1) is 16.2. The Morgan fingerprint density at radius 1 is 1.33 bits per heavy atom. The molecule has 124 valence electrons. The molecule has 1 amide bonds. The fourth-order valence-electron chi connectivity index (χ4n) is 2.47. The predicted octanol–water partition coefficient (Wildman–Crippen LogP) is 2.87. The molecular formula is C17H17N3O3S. The summed E-state index contributed by atoms with van der Waals surface area (Å²) in [7, 11) is 3.25. The number of rotatable bonds is 3. The summed E-state index contributed by atoms with van der Waals surface area (Å²) in [6, 6.07) is 7.12. The van der Waals surface area contributed by atoms with Gasteiger partial charge in [-0.3, -0.25) is 14.2 Å². The van der Waals surface area contributed by atoms with Crippen molar-refractivity contribution in [2.45, 2.75) is 13.8 Å². The lowest BCUT2D eigenvalue weighted by atomic mass is 10.2. The Hall–Kier alpha value is -2.67. The molecule has 24 heavy (non-hydrogen) atoms. The van der Waals surface area contributed by atoms with Crippen molar-refractivity contribution < 1.29 is 9.53 Å². The quantitative estimate of drug-likeness (QED) is 0.794. The largest absolute Gasteiger partial charge is 0.497 e. The highest BCUT2D eigenvalue weighted by Crippen LogP contribution is 2.28. The molecule has 3 rings (SSSR count). The number of amides is 1. The van der Waals surface area contributed by atoms with Crippen LogP contribution in [-0.4, -0.2) is 22.6 Å². The molecule has 6 nitrogen and oxygen atoms in total. The van der Waals surface area contributed by atoms with Gasteiger partial charge in [0.2, 0.25) is 0 Å². The number of nitrogens with zero attached hydrogens (tertiary/aromatic N) is 2. The van der Waals surface area contributed by atoms with Gasteiger partial charge in [0.05, 0.1) is 17.4 Å². The molecule has 3 aromatic rings. The second-order valence-corrected chi connectivity index (χ2v) is 6.44. The number of aryl methyl sites for hydroxylation is 2. The van der Waals surface area contributed by atoms with Crippen LogP contribution in [0.5, 0.6) is 5.75 Å². The molecule has 0 spiro atoms. The number of fused-ring (bicyclic) bond motifs is 1. The van der Waals surface area contributed by atoms with Crippen LogP contribution in [0, 0.1) is 13.8 Å². The molecule has 2 heterocycles. The van der Waals surface area contributed by atoms with Crippen LogP contribution in [0.1, 0.15) is 21.1 Å². The van der Waals surface area contributed by atoms with Gasteiger partial charge in [-0.05, 0) is 31.5 Å². The second kappa shape index (κ2) is 6.09. The third-order valence-electron chi connectivity index (χ3n) is 3.93. The van der Waals surface area contributed by atoms with E-state index in [9.17, 15) is 9.59 Å². The Labute approximate surface area is 142 Å². The van der Waals surface area contributed by atoms with Crippen molar-refractivity contribution >= 4 is 33.1 Å². The number of ether oxygens (including phenoxy) is 1. The third kappa shape index (κ3) is 2.67. The van der Waals surface area contributed by atoms with Gasteiger partial charge in [0.25, 0.3) is 11.5 Å². The lowest BCUT2D eigenvalue weighted by Crippen LogP contribution is -2.20. The minimum absolute atomic E-state index is 0.133. The Bertz CT molecular complexity index is 1000. The minimum atomic E-state index is -0.261. The Kier molecular flexibility index (Phi) is 4.11. The van der Waals surface area contributed by atoms with Gasteiger partial charge in [0, 0.05) is 18.8 Å². The van der Waals surface area contributed by atoms with E-state index in [1.807, 2.05) is 0 Å². The zero-order valence-electron chi connectivity index (χ0n) is 13.8. The van der Waals surface area contributed by atoms with Crippen LogP contribution in [-0.2, 0) is 7.05 Å². The van der Waals surface area contributed by atoms with Gasteiger partial charge in [0.15, 0.2) is 0 Å². The lowest BCUT2D eigenvalue weighted by molar-refractivity contribution is 0.103. The van der Waals surface area contributed by atoms with Gasteiger partial charge >= 0.3 is 0 Å². The van der Waals surface area contributed by atoms with E-state index in [1.165, 1.54) is 15.9 Å². The molecular weight excluding hydrogens is 326 g/mol. The lowest BCUT2D eigenvalue weighted by Gasteiger charge is -2.06. The second-order valence-electron chi connectivity index (χ2n) is 5.45. The van der Waals surface area contributed by atoms with E-state index < -0.39 is 0 Å². The number of hydrogen-bond acceptors (Lipinski definition) is 5. The topological polar surface area (TPSA) is 73.2 Å². The molecule has 7 heteroatoms. The number of benzene rings is 1. The number of hydrogen-bond donors (Lipinski definition) is 1. The first-order valence-electron chi connectivity index (χ1n) is 7.34. The molecule has 1 N–H and O–H groups in total. The zero-order chi connectivity index (χ0) is 17.4. The Morgan fingerprint density at radius 2 is 2.08 bits per heavy atom. The Balaban J connectivity index is 2.03. The minimum Gasteiger partial charge on any atom is -0.497 e. The monoisotopic (exact) mass is 343 g/mol. The summed E-state index contributed by atoms with van der Waals surface area (Å²) < 4.78 is 6.65. The average Bonchev–Trinajstić information content (AvgIpc) is 2.89. The summed E-state index contributed by atoms with van der Waals surface area (Å²) in [6.07, 6.45) is 0. The molecule has 0 aliphatic heterocycles. The van der Waals surface area contributed by atoms with Crippen LogP contribution in [0.3, 0.4) is 0 Å². The van der Waals surface area contributed by atoms with Crippen LogP contribution in [0.25, 0.3) is 10.2 Å². The summed E-state index contributed by atoms with van der Waals surface area (Å²) in [6.45, 7) is 3.55. The number of thiophene rings is 1. The smallest absolute Gasteiger partial charge is 0.266 e. The van der Waals surface area contributed by atoms with Crippen LogP contribution in [0.4, 0.5) is 5.69 Å². The zero-order valence-corrected chi connectivity index (χ0v) is 14.7. The van der Waals surface area contributed by atoms with Crippen molar-refractivity contribution in [3.8, 4) is 5.75 Å². The van der Waals surface area contributed by atoms with Crippen molar-refractivity contribution in [1.82, 2.24) is 9.55 Å². The van der Waals surface area contributed by atoms with Gasteiger partial charge < -0.3 is 10.1 Å². The number of aromatic nitrogens is 2. The van der Waals surface area contributed by atoms with Crippen LogP contribution in [0.15, 0.2) is 29.1 Å². The number of nitrogens with one attached hydrogen (secondary N) is 1. The highest BCUT2D eigenvalue weighted by Gasteiger charge is 2.20. The normalized spacial score (nSPS) is 10.8. The molecule has 2 aromatic heterocycles. The molecule has 0 saturated heterocycles. The van der Waals surface area contributed by atoms with Crippen molar-refractivity contribution in [2.75, 3.05) is 12.4 Å². The maximum absolute atomic E-state index is 12.6. The SMILES string of the molecule is COc1cccc(NC(=O)c2sc3nc(C)n(C)c(=O)c3c2C)c1. The van der Waals surface area contributed by atoms with Crippen LogP contribution >= 0.6 is 11.3 Å². The summed E-state index contributed by atoms with van der Waals surface area (Å²) >= 11 is 1.23. The molecule has 1 aromatic carbocycles. The standard InChI is InChI=1S/C17H17N3O3S/c1-9-13-16(18-10(2)20(3)17(13)22)24-14(9)15(21)19-11-6-5-7-12(8-11)23-4/h5-8H,1-4H3,(H,19,21). The van der Waals surface area contributed by atoms with E-state index in [0.717, 1.165) is 0 Å². The van der Waals surface area contributed by atoms with Crippen LogP contribution < -0.4 is 15.6 Å². The van der Waals surface area contributed by atoms with Gasteiger partial charge in [-0.1, -0.05) is 6.07 Å². The molecule has 0 aliphatic carbocycles. The van der Waals surface area contributed by atoms with Crippen LogP contribution in [0.2, 0.25) is 0 Å². The van der Waals surface area contributed by atoms with E-state index in [4.69, 9.17) is 4.74 Å². The molecule has 0 radical (unpaired) electrons. The fourth-order valence-corrected chi connectivity index (χ4v) is 3.58. The summed E-state index contributed by atoms with van der Waals surface area (Å²) in [5.41, 5.74) is 1.16. The molecule has 0 saturated carbocycles. The van der Waals surface area contributed by atoms with Crippen molar-refractivity contribution in [1.29, 1.82) is 0 Å². The fraction of sp³-hybridized carbons (Fsp3) is 0.235.